The van der Waals surface area contributed by atoms with E-state index in [-0.39, 0.29) is 12.7 Å². The molecule has 1 aromatic heterocycles. The van der Waals surface area contributed by atoms with Gasteiger partial charge in [0.25, 0.3) is 0 Å². The van der Waals surface area contributed by atoms with Crippen molar-refractivity contribution in [1.82, 2.24) is 9.97 Å². The average Bonchev–Trinajstić information content (AvgIpc) is 3.23. The Balaban J connectivity index is 1.86. The molecule has 0 spiro atoms. The first-order valence-electron chi connectivity index (χ1n) is 6.04. The van der Waals surface area contributed by atoms with Crippen molar-refractivity contribution in [2.24, 2.45) is 0 Å². The Labute approximate surface area is 105 Å². The molecule has 1 atom stereocenters. The van der Waals surface area contributed by atoms with Gasteiger partial charge >= 0.3 is 0 Å². The maximum atomic E-state index is 9.28. The maximum Gasteiger partial charge on any atom is 0.158 e. The normalized spacial score (nSPS) is 24.9. The molecule has 2 aliphatic rings. The molecular weight excluding hydrogens is 236 g/mol. The van der Waals surface area contributed by atoms with Crippen LogP contribution in [0.15, 0.2) is 6.20 Å². The van der Waals surface area contributed by atoms with E-state index in [1.54, 1.807) is 6.20 Å². The molecule has 17 heavy (non-hydrogen) atoms. The minimum Gasteiger partial charge on any atom is -0.392 e. The number of aromatic nitrogens is 2. The molecule has 0 radical (unpaired) electrons. The second-order valence-corrected chi connectivity index (χ2v) is 5.66. The molecule has 0 aromatic carbocycles. The van der Waals surface area contributed by atoms with E-state index in [1.165, 1.54) is 12.8 Å². The van der Waals surface area contributed by atoms with Gasteiger partial charge in [-0.1, -0.05) is 0 Å². The topological polar surface area (TPSA) is 55.2 Å². The van der Waals surface area contributed by atoms with Crippen LogP contribution in [0.5, 0.6) is 0 Å². The lowest BCUT2D eigenvalue weighted by atomic mass is 10.1. The highest BCUT2D eigenvalue weighted by Crippen LogP contribution is 2.41. The molecule has 3 rings (SSSR count). The molecular formula is C12H16N2O2S. The zero-order valence-corrected chi connectivity index (χ0v) is 10.4. The quantitative estimate of drug-likeness (QED) is 0.886. The Morgan fingerprint density at radius 3 is 3.00 bits per heavy atom. The van der Waals surface area contributed by atoms with Crippen LogP contribution in [0, 0.1) is 0 Å². The Hall–Kier alpha value is -0.650. The standard InChI is InChI=1S/C12H16N2O2S/c15-6-9-5-13-12(10-7-17-4-3-16-10)14-11(9)8-1-2-8/h5,8,10,15H,1-4,6-7H2. The summed E-state index contributed by atoms with van der Waals surface area (Å²) in [6.07, 6.45) is 4.16. The predicted molar refractivity (Wildman–Crippen MR) is 65.9 cm³/mol. The largest absolute Gasteiger partial charge is 0.392 e. The van der Waals surface area contributed by atoms with Crippen LogP contribution in [0.4, 0.5) is 0 Å². The number of rotatable bonds is 3. The van der Waals surface area contributed by atoms with Gasteiger partial charge in [-0.2, -0.15) is 11.8 Å². The van der Waals surface area contributed by atoms with Crippen molar-refractivity contribution in [2.75, 3.05) is 18.1 Å². The van der Waals surface area contributed by atoms with Gasteiger partial charge in [-0.05, 0) is 12.8 Å². The van der Waals surface area contributed by atoms with Gasteiger partial charge in [0.2, 0.25) is 0 Å². The minimum atomic E-state index is 0.0268. The molecule has 92 valence electrons. The molecule has 1 saturated carbocycles. The number of hydrogen-bond donors (Lipinski definition) is 1. The van der Waals surface area contributed by atoms with Gasteiger partial charge in [0.15, 0.2) is 5.82 Å². The first-order valence-corrected chi connectivity index (χ1v) is 7.20. The highest BCUT2D eigenvalue weighted by atomic mass is 32.2. The summed E-state index contributed by atoms with van der Waals surface area (Å²) in [7, 11) is 0. The summed E-state index contributed by atoms with van der Waals surface area (Å²) >= 11 is 1.88. The van der Waals surface area contributed by atoms with E-state index in [2.05, 4.69) is 9.97 Å². The van der Waals surface area contributed by atoms with E-state index in [0.29, 0.717) is 5.92 Å². The third kappa shape index (κ3) is 2.46. The average molecular weight is 252 g/mol. The van der Waals surface area contributed by atoms with Crippen molar-refractivity contribution in [3.8, 4) is 0 Å². The Bertz CT molecular complexity index is 403. The second-order valence-electron chi connectivity index (χ2n) is 4.51. The van der Waals surface area contributed by atoms with Crippen LogP contribution in [0.25, 0.3) is 0 Å². The van der Waals surface area contributed by atoms with Crippen LogP contribution in [-0.4, -0.2) is 33.2 Å². The van der Waals surface area contributed by atoms with E-state index < -0.39 is 0 Å². The van der Waals surface area contributed by atoms with Crippen molar-refractivity contribution < 1.29 is 9.84 Å². The third-order valence-corrected chi connectivity index (χ3v) is 4.15. The molecule has 1 saturated heterocycles. The van der Waals surface area contributed by atoms with E-state index >= 15 is 0 Å². The number of ether oxygens (including phenoxy) is 1. The van der Waals surface area contributed by atoms with E-state index in [4.69, 9.17) is 4.74 Å². The van der Waals surface area contributed by atoms with Gasteiger partial charge in [0.05, 0.1) is 18.9 Å². The van der Waals surface area contributed by atoms with Gasteiger partial charge in [0, 0.05) is 29.2 Å². The number of nitrogens with zero attached hydrogens (tertiary/aromatic N) is 2. The van der Waals surface area contributed by atoms with Gasteiger partial charge in [-0.15, -0.1) is 0 Å². The van der Waals surface area contributed by atoms with Crippen LogP contribution in [0.2, 0.25) is 0 Å². The maximum absolute atomic E-state index is 9.28. The van der Waals surface area contributed by atoms with Crippen LogP contribution in [0.1, 0.15) is 41.9 Å². The van der Waals surface area contributed by atoms with Gasteiger partial charge in [-0.25, -0.2) is 9.97 Å². The first kappa shape index (κ1) is 11.4. The number of aliphatic hydroxyl groups is 1. The molecule has 2 fully saturated rings. The number of aliphatic hydroxyl groups excluding tert-OH is 1. The summed E-state index contributed by atoms with van der Waals surface area (Å²) in [5.41, 5.74) is 1.91. The third-order valence-electron chi connectivity index (χ3n) is 3.15. The van der Waals surface area contributed by atoms with Gasteiger partial charge in [-0.3, -0.25) is 0 Å². The van der Waals surface area contributed by atoms with Crippen LogP contribution in [-0.2, 0) is 11.3 Å². The summed E-state index contributed by atoms with van der Waals surface area (Å²) in [5, 5.41) is 9.28. The Kier molecular flexibility index (Phi) is 3.31. The molecule has 1 N–H and O–H groups in total. The predicted octanol–water partition coefficient (Wildman–Crippen LogP) is 1.65. The van der Waals surface area contributed by atoms with Crippen molar-refractivity contribution >= 4 is 11.8 Å². The fourth-order valence-electron chi connectivity index (χ4n) is 2.06. The molecule has 4 nitrogen and oxygen atoms in total. The van der Waals surface area contributed by atoms with E-state index in [0.717, 1.165) is 35.2 Å². The van der Waals surface area contributed by atoms with Crippen LogP contribution >= 0.6 is 11.8 Å². The molecule has 5 heteroatoms. The minimum absolute atomic E-state index is 0.0268. The molecule has 0 amide bonds. The van der Waals surface area contributed by atoms with Crippen molar-refractivity contribution in [3.05, 3.63) is 23.3 Å². The molecule has 1 aliphatic heterocycles. The first-order chi connectivity index (χ1) is 8.38. The summed E-state index contributed by atoms with van der Waals surface area (Å²) in [5.74, 6) is 3.31. The summed E-state index contributed by atoms with van der Waals surface area (Å²) < 4.78 is 5.68. The summed E-state index contributed by atoms with van der Waals surface area (Å²) in [6, 6.07) is 0. The molecule has 1 unspecified atom stereocenters. The fraction of sp³-hybridized carbons (Fsp3) is 0.667. The molecule has 2 heterocycles. The summed E-state index contributed by atoms with van der Waals surface area (Å²) in [6.45, 7) is 0.811. The lowest BCUT2D eigenvalue weighted by Crippen LogP contribution is -2.19. The lowest BCUT2D eigenvalue weighted by molar-refractivity contribution is 0.0691. The van der Waals surface area contributed by atoms with E-state index in [1.807, 2.05) is 11.8 Å². The number of thioether (sulfide) groups is 1. The summed E-state index contributed by atoms with van der Waals surface area (Å²) in [4.78, 5) is 8.95. The van der Waals surface area contributed by atoms with Gasteiger partial charge < -0.3 is 9.84 Å². The molecule has 1 aliphatic carbocycles. The fourth-order valence-corrected chi connectivity index (χ4v) is 2.90. The second kappa shape index (κ2) is 4.92. The monoisotopic (exact) mass is 252 g/mol. The Morgan fingerprint density at radius 1 is 1.47 bits per heavy atom. The lowest BCUT2D eigenvalue weighted by Gasteiger charge is -2.21. The SMILES string of the molecule is OCc1cnc(C2CSCCO2)nc1C1CC1. The zero-order valence-electron chi connectivity index (χ0n) is 9.63. The highest BCUT2D eigenvalue weighted by Gasteiger charge is 2.29. The molecule has 1 aromatic rings. The smallest absolute Gasteiger partial charge is 0.158 e. The van der Waals surface area contributed by atoms with Crippen molar-refractivity contribution in [3.63, 3.8) is 0 Å². The Morgan fingerprint density at radius 2 is 2.35 bits per heavy atom. The molecule has 0 bridgehead atoms. The zero-order chi connectivity index (χ0) is 11.7. The highest BCUT2D eigenvalue weighted by molar-refractivity contribution is 7.99. The van der Waals surface area contributed by atoms with Crippen molar-refractivity contribution in [1.29, 1.82) is 0 Å². The van der Waals surface area contributed by atoms with E-state index in [9.17, 15) is 5.11 Å². The van der Waals surface area contributed by atoms with Crippen LogP contribution < -0.4 is 0 Å². The van der Waals surface area contributed by atoms with Crippen LogP contribution in [0.3, 0.4) is 0 Å². The van der Waals surface area contributed by atoms with Gasteiger partial charge in [0.1, 0.15) is 6.10 Å². The number of hydrogen-bond acceptors (Lipinski definition) is 5. The van der Waals surface area contributed by atoms with Crippen molar-refractivity contribution in [2.45, 2.75) is 31.5 Å².